The molecule has 0 fully saturated rings. The van der Waals surface area contributed by atoms with Gasteiger partial charge in [0.2, 0.25) is 0 Å². The summed E-state index contributed by atoms with van der Waals surface area (Å²) >= 11 is 1.29. The van der Waals surface area contributed by atoms with Gasteiger partial charge in [-0.2, -0.15) is 0 Å². The number of thiazole rings is 1. The molecule has 0 aliphatic heterocycles. The number of nitrogens with zero attached hydrogens (tertiary/aromatic N) is 1. The second-order valence-electron chi connectivity index (χ2n) is 6.14. The molecule has 0 saturated heterocycles. The van der Waals surface area contributed by atoms with Crippen LogP contribution < -0.4 is 10.6 Å². The Kier molecular flexibility index (Phi) is 7.55. The van der Waals surface area contributed by atoms with E-state index in [1.807, 2.05) is 24.3 Å². The quantitative estimate of drug-likeness (QED) is 0.491. The number of amides is 1. The number of hydrogen-bond donors (Lipinski definition) is 2. The number of benzene rings is 1. The number of para-hydroxylation sites is 1. The van der Waals surface area contributed by atoms with E-state index in [-0.39, 0.29) is 11.6 Å². The van der Waals surface area contributed by atoms with Gasteiger partial charge in [0.1, 0.15) is 0 Å². The molecule has 0 aliphatic rings. The van der Waals surface area contributed by atoms with Gasteiger partial charge in [0.25, 0.3) is 5.91 Å². The van der Waals surface area contributed by atoms with Crippen LogP contribution in [0.2, 0.25) is 0 Å². The van der Waals surface area contributed by atoms with Gasteiger partial charge in [-0.15, -0.1) is 17.9 Å². The Morgan fingerprint density at radius 2 is 2.07 bits per heavy atom. The molecule has 1 amide bonds. The average molecular weight is 388 g/mol. The van der Waals surface area contributed by atoms with Crippen LogP contribution >= 0.6 is 11.3 Å². The maximum atomic E-state index is 12.5. The lowest BCUT2D eigenvalue weighted by Crippen LogP contribution is -2.30. The molecule has 7 heteroatoms. The van der Waals surface area contributed by atoms with Gasteiger partial charge in [-0.1, -0.05) is 38.1 Å². The number of carbonyl (C=O) groups is 2. The van der Waals surface area contributed by atoms with Crippen LogP contribution in [0.15, 0.2) is 42.3 Å². The summed E-state index contributed by atoms with van der Waals surface area (Å²) in [5, 5.41) is 8.05. The standard InChI is InChI=1S/C20H25N3O3S/c1-5-11-21-20-23-17(12-27-20)19(25)26-14(4)18(24)22-16-10-8-7-9-15(16)13(3)6-2/h5,7-10,12-14H,1,6,11H2,2-4H3,(H,21,23)(H,22,24)/t13-,14-/m0/s1. The minimum Gasteiger partial charge on any atom is -0.448 e. The average Bonchev–Trinajstić information content (AvgIpc) is 3.15. The highest BCUT2D eigenvalue weighted by Gasteiger charge is 2.22. The predicted molar refractivity (Wildman–Crippen MR) is 109 cm³/mol. The zero-order valence-electron chi connectivity index (χ0n) is 15.8. The van der Waals surface area contributed by atoms with Crippen molar-refractivity contribution in [3.05, 3.63) is 53.6 Å². The highest BCUT2D eigenvalue weighted by atomic mass is 32.1. The van der Waals surface area contributed by atoms with Gasteiger partial charge < -0.3 is 15.4 Å². The number of rotatable bonds is 9. The van der Waals surface area contributed by atoms with Crippen molar-refractivity contribution in [1.82, 2.24) is 4.98 Å². The fourth-order valence-electron chi connectivity index (χ4n) is 2.38. The van der Waals surface area contributed by atoms with Gasteiger partial charge in [-0.25, -0.2) is 9.78 Å². The Bertz CT molecular complexity index is 803. The maximum absolute atomic E-state index is 12.5. The first-order valence-electron chi connectivity index (χ1n) is 8.87. The van der Waals surface area contributed by atoms with Gasteiger partial charge in [0.05, 0.1) is 0 Å². The Morgan fingerprint density at radius 3 is 2.78 bits per heavy atom. The highest BCUT2D eigenvalue weighted by molar-refractivity contribution is 7.13. The van der Waals surface area contributed by atoms with E-state index in [4.69, 9.17) is 4.74 Å². The molecule has 1 aromatic heterocycles. The maximum Gasteiger partial charge on any atom is 0.358 e. The van der Waals surface area contributed by atoms with Crippen molar-refractivity contribution >= 4 is 34.0 Å². The van der Waals surface area contributed by atoms with Crippen LogP contribution in [-0.4, -0.2) is 29.5 Å². The molecule has 2 N–H and O–H groups in total. The van der Waals surface area contributed by atoms with Crippen LogP contribution in [-0.2, 0) is 9.53 Å². The third kappa shape index (κ3) is 5.65. The lowest BCUT2D eigenvalue weighted by molar-refractivity contribution is -0.123. The van der Waals surface area contributed by atoms with E-state index in [0.717, 1.165) is 17.7 Å². The molecular formula is C20H25N3O3S. The predicted octanol–water partition coefficient (Wildman–Crippen LogP) is 4.44. The second-order valence-corrected chi connectivity index (χ2v) is 7.00. The Labute approximate surface area is 163 Å². The summed E-state index contributed by atoms with van der Waals surface area (Å²) in [6.45, 7) is 9.91. The molecule has 2 atom stereocenters. The number of hydrogen-bond acceptors (Lipinski definition) is 6. The summed E-state index contributed by atoms with van der Waals surface area (Å²) in [5.74, 6) is -0.689. The first kappa shape index (κ1) is 20.6. The summed E-state index contributed by atoms with van der Waals surface area (Å²) in [6, 6.07) is 7.66. The molecule has 0 unspecified atom stereocenters. The van der Waals surface area contributed by atoms with E-state index in [0.29, 0.717) is 17.6 Å². The summed E-state index contributed by atoms with van der Waals surface area (Å²) < 4.78 is 5.26. The van der Waals surface area contributed by atoms with Crippen molar-refractivity contribution in [2.75, 3.05) is 17.2 Å². The van der Waals surface area contributed by atoms with Crippen LogP contribution in [0.4, 0.5) is 10.8 Å². The monoisotopic (exact) mass is 387 g/mol. The molecule has 0 aliphatic carbocycles. The highest BCUT2D eigenvalue weighted by Crippen LogP contribution is 2.26. The molecule has 0 radical (unpaired) electrons. The van der Waals surface area contributed by atoms with Crippen molar-refractivity contribution in [3.8, 4) is 0 Å². The van der Waals surface area contributed by atoms with Gasteiger partial charge in [0, 0.05) is 17.6 Å². The molecule has 2 aromatic rings. The van der Waals surface area contributed by atoms with E-state index in [1.165, 1.54) is 11.3 Å². The molecule has 0 saturated carbocycles. The molecular weight excluding hydrogens is 362 g/mol. The number of nitrogens with one attached hydrogen (secondary N) is 2. The van der Waals surface area contributed by atoms with Crippen molar-refractivity contribution < 1.29 is 14.3 Å². The van der Waals surface area contributed by atoms with Crippen LogP contribution in [0.3, 0.4) is 0 Å². The van der Waals surface area contributed by atoms with E-state index < -0.39 is 12.1 Å². The van der Waals surface area contributed by atoms with E-state index in [2.05, 4.69) is 36.0 Å². The van der Waals surface area contributed by atoms with E-state index in [1.54, 1.807) is 18.4 Å². The molecule has 0 spiro atoms. The van der Waals surface area contributed by atoms with Gasteiger partial charge in [-0.3, -0.25) is 4.79 Å². The normalized spacial score (nSPS) is 12.7. The van der Waals surface area contributed by atoms with Gasteiger partial charge in [0.15, 0.2) is 16.9 Å². The zero-order chi connectivity index (χ0) is 19.8. The summed E-state index contributed by atoms with van der Waals surface area (Å²) in [6.07, 6.45) is 1.72. The van der Waals surface area contributed by atoms with Gasteiger partial charge in [-0.05, 0) is 30.9 Å². The SMILES string of the molecule is C=CCNc1nc(C(=O)O[C@@H](C)C(=O)Nc2ccccc2[C@@H](C)CC)cs1. The molecule has 6 nitrogen and oxygen atoms in total. The third-order valence-electron chi connectivity index (χ3n) is 4.13. The smallest absolute Gasteiger partial charge is 0.358 e. The first-order valence-corrected chi connectivity index (χ1v) is 9.75. The first-order chi connectivity index (χ1) is 13.0. The lowest BCUT2D eigenvalue weighted by Gasteiger charge is -2.18. The molecule has 0 bridgehead atoms. The van der Waals surface area contributed by atoms with Crippen LogP contribution in [0.5, 0.6) is 0 Å². The lowest BCUT2D eigenvalue weighted by atomic mass is 9.97. The Hall–Kier alpha value is -2.67. The Morgan fingerprint density at radius 1 is 1.33 bits per heavy atom. The number of carbonyl (C=O) groups excluding carboxylic acids is 2. The number of anilines is 2. The summed E-state index contributed by atoms with van der Waals surface area (Å²) in [7, 11) is 0. The largest absolute Gasteiger partial charge is 0.448 e. The topological polar surface area (TPSA) is 80.3 Å². The number of ether oxygens (including phenoxy) is 1. The minimum absolute atomic E-state index is 0.172. The molecule has 144 valence electrons. The van der Waals surface area contributed by atoms with Crippen molar-refractivity contribution in [3.63, 3.8) is 0 Å². The van der Waals surface area contributed by atoms with Crippen molar-refractivity contribution in [2.45, 2.75) is 39.2 Å². The zero-order valence-corrected chi connectivity index (χ0v) is 16.6. The summed E-state index contributed by atoms with van der Waals surface area (Å²) in [4.78, 5) is 28.8. The summed E-state index contributed by atoms with van der Waals surface area (Å²) in [5.41, 5.74) is 1.97. The van der Waals surface area contributed by atoms with Crippen LogP contribution in [0.25, 0.3) is 0 Å². The van der Waals surface area contributed by atoms with Crippen LogP contribution in [0, 0.1) is 0 Å². The number of esters is 1. The fourth-order valence-corrected chi connectivity index (χ4v) is 3.07. The molecule has 2 rings (SSSR count). The minimum atomic E-state index is -0.936. The van der Waals surface area contributed by atoms with Crippen molar-refractivity contribution in [2.24, 2.45) is 0 Å². The fraction of sp³-hybridized carbons (Fsp3) is 0.350. The van der Waals surface area contributed by atoms with Crippen molar-refractivity contribution in [1.29, 1.82) is 0 Å². The molecule has 27 heavy (non-hydrogen) atoms. The Balaban J connectivity index is 1.98. The number of aromatic nitrogens is 1. The second kappa shape index (κ2) is 9.87. The van der Waals surface area contributed by atoms with Crippen LogP contribution in [0.1, 0.15) is 49.2 Å². The third-order valence-corrected chi connectivity index (χ3v) is 4.93. The van der Waals surface area contributed by atoms with Gasteiger partial charge >= 0.3 is 5.97 Å². The van der Waals surface area contributed by atoms with E-state index in [9.17, 15) is 9.59 Å². The van der Waals surface area contributed by atoms with E-state index >= 15 is 0 Å². The molecule has 1 heterocycles. The molecule has 1 aromatic carbocycles.